The molecule has 0 bridgehead atoms. The molecule has 0 fully saturated rings. The highest BCUT2D eigenvalue weighted by molar-refractivity contribution is 7.89. The molecule has 0 aliphatic rings. The zero-order valence-corrected chi connectivity index (χ0v) is 15.8. The van der Waals surface area contributed by atoms with Crippen LogP contribution in [0.5, 0.6) is 0 Å². The van der Waals surface area contributed by atoms with Gasteiger partial charge >= 0.3 is 0 Å². The lowest BCUT2D eigenvalue weighted by molar-refractivity contribution is -0.115. The molecule has 134 valence electrons. The summed E-state index contributed by atoms with van der Waals surface area (Å²) in [6, 6.07) is 14.0. The lowest BCUT2D eigenvalue weighted by atomic mass is 9.87. The van der Waals surface area contributed by atoms with Crippen LogP contribution in [0.25, 0.3) is 0 Å². The Morgan fingerprint density at radius 1 is 0.960 bits per heavy atom. The molecule has 0 aliphatic carbocycles. The average molecular weight is 360 g/mol. The molecule has 6 heteroatoms. The number of amides is 1. The maximum absolute atomic E-state index is 12.2. The number of benzene rings is 2. The molecule has 25 heavy (non-hydrogen) atoms. The zero-order chi connectivity index (χ0) is 18.7. The number of rotatable bonds is 5. The van der Waals surface area contributed by atoms with Crippen LogP contribution in [-0.4, -0.2) is 20.9 Å². The number of aryl methyl sites for hydroxylation is 1. The molecular weight excluding hydrogens is 336 g/mol. The van der Waals surface area contributed by atoms with Crippen molar-refractivity contribution in [1.29, 1.82) is 0 Å². The normalized spacial score (nSPS) is 12.0. The van der Waals surface area contributed by atoms with Crippen molar-refractivity contribution in [3.63, 3.8) is 0 Å². The summed E-state index contributed by atoms with van der Waals surface area (Å²) >= 11 is 0. The number of sulfonamides is 1. The van der Waals surface area contributed by atoms with Crippen LogP contribution in [0, 0.1) is 6.92 Å². The van der Waals surface area contributed by atoms with E-state index in [1.807, 2.05) is 31.2 Å². The van der Waals surface area contributed by atoms with Gasteiger partial charge in [0.2, 0.25) is 15.9 Å². The van der Waals surface area contributed by atoms with E-state index in [-0.39, 0.29) is 16.9 Å². The SMILES string of the molecule is Cc1ccc(S(=O)(=O)NCC(=O)Nc2ccc(C(C)(C)C)cc2)cc1. The van der Waals surface area contributed by atoms with Crippen LogP contribution in [0.4, 0.5) is 5.69 Å². The Kier molecular flexibility index (Phi) is 5.65. The summed E-state index contributed by atoms with van der Waals surface area (Å²) in [7, 11) is -3.70. The van der Waals surface area contributed by atoms with Gasteiger partial charge < -0.3 is 5.32 Å². The standard InChI is InChI=1S/C19H24N2O3S/c1-14-5-11-17(12-6-14)25(23,24)20-13-18(22)21-16-9-7-15(8-10-16)19(2,3)4/h5-12,20H,13H2,1-4H3,(H,21,22). The van der Waals surface area contributed by atoms with Crippen molar-refractivity contribution >= 4 is 21.6 Å². The van der Waals surface area contributed by atoms with E-state index in [0.717, 1.165) is 11.1 Å². The molecule has 0 unspecified atom stereocenters. The van der Waals surface area contributed by atoms with Gasteiger partial charge in [-0.15, -0.1) is 0 Å². The third kappa shape index (κ3) is 5.41. The molecule has 0 saturated carbocycles. The molecule has 5 nitrogen and oxygen atoms in total. The number of hydrogen-bond acceptors (Lipinski definition) is 3. The van der Waals surface area contributed by atoms with Crippen molar-refractivity contribution in [2.24, 2.45) is 0 Å². The largest absolute Gasteiger partial charge is 0.325 e. The Bertz CT molecular complexity index is 834. The highest BCUT2D eigenvalue weighted by Gasteiger charge is 2.16. The van der Waals surface area contributed by atoms with Gasteiger partial charge in [-0.25, -0.2) is 13.1 Å². The van der Waals surface area contributed by atoms with Gasteiger partial charge in [0.25, 0.3) is 0 Å². The van der Waals surface area contributed by atoms with Gasteiger partial charge in [-0.1, -0.05) is 50.6 Å². The Morgan fingerprint density at radius 2 is 1.52 bits per heavy atom. The monoisotopic (exact) mass is 360 g/mol. The van der Waals surface area contributed by atoms with Gasteiger partial charge in [0.05, 0.1) is 11.4 Å². The van der Waals surface area contributed by atoms with Crippen molar-refractivity contribution in [2.45, 2.75) is 38.0 Å². The van der Waals surface area contributed by atoms with Gasteiger partial charge in [0, 0.05) is 5.69 Å². The van der Waals surface area contributed by atoms with E-state index in [0.29, 0.717) is 5.69 Å². The lowest BCUT2D eigenvalue weighted by Crippen LogP contribution is -2.32. The molecule has 1 amide bonds. The summed E-state index contributed by atoms with van der Waals surface area (Å²) in [6.45, 7) is 7.89. The molecule has 0 spiro atoms. The fourth-order valence-corrected chi connectivity index (χ4v) is 3.20. The van der Waals surface area contributed by atoms with E-state index in [4.69, 9.17) is 0 Å². The molecule has 0 aromatic heterocycles. The van der Waals surface area contributed by atoms with Crippen LogP contribution < -0.4 is 10.0 Å². The molecule has 0 aliphatic heterocycles. The molecule has 2 aromatic carbocycles. The minimum Gasteiger partial charge on any atom is -0.325 e. The minimum absolute atomic E-state index is 0.0339. The highest BCUT2D eigenvalue weighted by Crippen LogP contribution is 2.23. The fourth-order valence-electron chi connectivity index (χ4n) is 2.22. The van der Waals surface area contributed by atoms with E-state index < -0.39 is 15.9 Å². The van der Waals surface area contributed by atoms with Crippen LogP contribution >= 0.6 is 0 Å². The molecule has 2 rings (SSSR count). The van der Waals surface area contributed by atoms with Crippen molar-refractivity contribution in [3.8, 4) is 0 Å². The quantitative estimate of drug-likeness (QED) is 0.860. The average Bonchev–Trinajstić information content (AvgIpc) is 2.53. The molecule has 0 heterocycles. The first-order valence-corrected chi connectivity index (χ1v) is 9.53. The second kappa shape index (κ2) is 7.37. The van der Waals surface area contributed by atoms with Crippen LogP contribution in [-0.2, 0) is 20.2 Å². The van der Waals surface area contributed by atoms with Crippen LogP contribution in [0.15, 0.2) is 53.4 Å². The summed E-state index contributed by atoms with van der Waals surface area (Å²) in [5.74, 6) is -0.417. The summed E-state index contributed by atoms with van der Waals surface area (Å²) in [5.41, 5.74) is 2.79. The maximum Gasteiger partial charge on any atom is 0.241 e. The van der Waals surface area contributed by atoms with E-state index in [9.17, 15) is 13.2 Å². The number of carbonyl (C=O) groups is 1. The summed E-state index contributed by atoms with van der Waals surface area (Å²) < 4.78 is 26.6. The predicted octanol–water partition coefficient (Wildman–Crippen LogP) is 3.21. The molecule has 0 atom stereocenters. The second-order valence-corrected chi connectivity index (χ2v) is 8.78. The Balaban J connectivity index is 1.95. The molecule has 0 radical (unpaired) electrons. The maximum atomic E-state index is 12.2. The number of nitrogens with one attached hydrogen (secondary N) is 2. The zero-order valence-electron chi connectivity index (χ0n) is 15.0. The number of hydrogen-bond donors (Lipinski definition) is 2. The third-order valence-corrected chi connectivity index (χ3v) is 5.21. The topological polar surface area (TPSA) is 75.3 Å². The highest BCUT2D eigenvalue weighted by atomic mass is 32.2. The smallest absolute Gasteiger partial charge is 0.241 e. The minimum atomic E-state index is -3.70. The Morgan fingerprint density at radius 3 is 2.04 bits per heavy atom. The molecular formula is C19H24N2O3S. The Hall–Kier alpha value is -2.18. The Labute approximate surface area is 149 Å². The van der Waals surface area contributed by atoms with Gasteiger partial charge in [-0.05, 0) is 42.2 Å². The summed E-state index contributed by atoms with van der Waals surface area (Å²) in [5, 5.41) is 2.69. The second-order valence-electron chi connectivity index (χ2n) is 7.01. The van der Waals surface area contributed by atoms with Crippen molar-refractivity contribution in [2.75, 3.05) is 11.9 Å². The van der Waals surface area contributed by atoms with Crippen molar-refractivity contribution in [1.82, 2.24) is 4.72 Å². The van der Waals surface area contributed by atoms with Crippen LogP contribution in [0.1, 0.15) is 31.9 Å². The fraction of sp³-hybridized carbons (Fsp3) is 0.316. The van der Waals surface area contributed by atoms with Gasteiger partial charge in [0.1, 0.15) is 0 Å². The number of anilines is 1. The third-order valence-electron chi connectivity index (χ3n) is 3.79. The van der Waals surface area contributed by atoms with E-state index in [1.54, 1.807) is 12.1 Å². The van der Waals surface area contributed by atoms with Crippen molar-refractivity contribution < 1.29 is 13.2 Å². The first-order valence-electron chi connectivity index (χ1n) is 8.05. The van der Waals surface area contributed by atoms with E-state index >= 15 is 0 Å². The van der Waals surface area contributed by atoms with E-state index in [1.165, 1.54) is 12.1 Å². The van der Waals surface area contributed by atoms with Crippen LogP contribution in [0.3, 0.4) is 0 Å². The van der Waals surface area contributed by atoms with Gasteiger partial charge in [-0.2, -0.15) is 0 Å². The van der Waals surface area contributed by atoms with Gasteiger partial charge in [-0.3, -0.25) is 4.79 Å². The first kappa shape index (κ1) is 19.1. The van der Waals surface area contributed by atoms with Crippen LogP contribution in [0.2, 0.25) is 0 Å². The van der Waals surface area contributed by atoms with E-state index in [2.05, 4.69) is 30.8 Å². The predicted molar refractivity (Wildman–Crippen MR) is 100 cm³/mol. The molecule has 0 saturated heterocycles. The molecule has 2 aromatic rings. The summed E-state index contributed by atoms with van der Waals surface area (Å²) in [6.07, 6.45) is 0. The van der Waals surface area contributed by atoms with Gasteiger partial charge in [0.15, 0.2) is 0 Å². The van der Waals surface area contributed by atoms with Crippen molar-refractivity contribution in [3.05, 3.63) is 59.7 Å². The number of carbonyl (C=O) groups excluding carboxylic acids is 1. The summed E-state index contributed by atoms with van der Waals surface area (Å²) in [4.78, 5) is 12.1. The molecule has 2 N–H and O–H groups in total. The lowest BCUT2D eigenvalue weighted by Gasteiger charge is -2.19. The first-order chi connectivity index (χ1) is 11.6.